The third-order valence-electron chi connectivity index (χ3n) is 2.26. The van der Waals surface area contributed by atoms with E-state index in [0.717, 1.165) is 10.7 Å². The molecule has 2 aromatic rings. The van der Waals surface area contributed by atoms with Crippen LogP contribution in [0.25, 0.3) is 0 Å². The number of hydrogen-bond donors (Lipinski definition) is 1. The smallest absolute Gasteiger partial charge is 0.263 e. The number of hydrogen-bond acceptors (Lipinski definition) is 3. The summed E-state index contributed by atoms with van der Waals surface area (Å²) >= 11 is 18.0. The van der Waals surface area contributed by atoms with Crippen LogP contribution >= 0.6 is 55.1 Å². The number of nitrogens with one attached hydrogen (secondary N) is 1. The summed E-state index contributed by atoms with van der Waals surface area (Å²) in [6, 6.07) is 6.31. The van der Waals surface area contributed by atoms with Gasteiger partial charge < -0.3 is 0 Å². The van der Waals surface area contributed by atoms with E-state index in [2.05, 4.69) is 41.6 Å². The Morgan fingerprint density at radius 2 is 1.85 bits per heavy atom. The molecule has 0 aliphatic carbocycles. The van der Waals surface area contributed by atoms with Crippen LogP contribution in [0.1, 0.15) is 0 Å². The van der Waals surface area contributed by atoms with Gasteiger partial charge in [-0.2, -0.15) is 0 Å². The molecule has 106 valence electrons. The molecule has 0 saturated heterocycles. The van der Waals surface area contributed by atoms with Crippen LogP contribution in [0, 0.1) is 0 Å². The third kappa shape index (κ3) is 3.65. The van der Waals surface area contributed by atoms with Gasteiger partial charge in [0.25, 0.3) is 10.0 Å². The molecule has 0 unspecified atom stereocenters. The molecule has 0 saturated carbocycles. The highest BCUT2D eigenvalue weighted by Gasteiger charge is 2.17. The maximum absolute atomic E-state index is 12.2. The van der Waals surface area contributed by atoms with Crippen LogP contribution in [0.5, 0.6) is 0 Å². The van der Waals surface area contributed by atoms with Crippen molar-refractivity contribution in [2.45, 2.75) is 4.90 Å². The van der Waals surface area contributed by atoms with E-state index in [9.17, 15) is 8.42 Å². The molecule has 1 heterocycles. The molecule has 0 radical (unpaired) electrons. The van der Waals surface area contributed by atoms with Crippen LogP contribution in [-0.2, 0) is 10.0 Å². The lowest BCUT2D eigenvalue weighted by atomic mass is 10.3. The fraction of sp³-hybridized carbons (Fsp3) is 0. The molecule has 9 heteroatoms. The lowest BCUT2D eigenvalue weighted by Crippen LogP contribution is -2.13. The Kier molecular flexibility index (Phi) is 4.96. The zero-order valence-corrected chi connectivity index (χ0v) is 15.1. The molecule has 1 N–H and O–H groups in total. The lowest BCUT2D eigenvalue weighted by molar-refractivity contribution is 0.601. The van der Waals surface area contributed by atoms with Crippen molar-refractivity contribution in [3.63, 3.8) is 0 Å². The zero-order chi connectivity index (χ0) is 14.9. The molecule has 0 aliphatic heterocycles. The van der Waals surface area contributed by atoms with Crippen molar-refractivity contribution in [1.29, 1.82) is 0 Å². The summed E-state index contributed by atoms with van der Waals surface area (Å²) < 4.78 is 28.3. The number of sulfonamides is 1. The van der Waals surface area contributed by atoms with Crippen LogP contribution in [0.2, 0.25) is 10.2 Å². The fourth-order valence-corrected chi connectivity index (χ4v) is 3.99. The van der Waals surface area contributed by atoms with Crippen molar-refractivity contribution in [3.8, 4) is 0 Å². The monoisotopic (exact) mass is 458 g/mol. The molecule has 4 nitrogen and oxygen atoms in total. The summed E-state index contributed by atoms with van der Waals surface area (Å²) in [5.74, 6) is 0. The van der Waals surface area contributed by atoms with Gasteiger partial charge in [-0.15, -0.1) is 0 Å². The number of aromatic nitrogens is 1. The Labute approximate surface area is 142 Å². The number of anilines is 1. The standard InChI is InChI=1S/C11H6Br2Cl2N2O2S/c12-6-1-2-10(8(13)3-6)17-20(18,19)7-4-9(14)11(15)16-5-7/h1-5,17H. The summed E-state index contributed by atoms with van der Waals surface area (Å²) in [7, 11) is -3.79. The van der Waals surface area contributed by atoms with Crippen molar-refractivity contribution in [1.82, 2.24) is 4.98 Å². The highest BCUT2D eigenvalue weighted by atomic mass is 79.9. The highest BCUT2D eigenvalue weighted by Crippen LogP contribution is 2.29. The first-order valence-electron chi connectivity index (χ1n) is 5.08. The normalized spacial score (nSPS) is 11.4. The van der Waals surface area contributed by atoms with Gasteiger partial charge in [0, 0.05) is 15.1 Å². The highest BCUT2D eigenvalue weighted by molar-refractivity contribution is 9.11. The first kappa shape index (κ1) is 16.0. The number of pyridine rings is 1. The van der Waals surface area contributed by atoms with Crippen LogP contribution < -0.4 is 4.72 Å². The van der Waals surface area contributed by atoms with E-state index in [0.29, 0.717) is 10.2 Å². The zero-order valence-electron chi connectivity index (χ0n) is 9.57. The second-order valence-corrected chi connectivity index (χ2v) is 7.89. The van der Waals surface area contributed by atoms with Gasteiger partial charge in [-0.1, -0.05) is 39.1 Å². The predicted molar refractivity (Wildman–Crippen MR) is 86.9 cm³/mol. The Morgan fingerprint density at radius 3 is 2.45 bits per heavy atom. The number of nitrogens with zero attached hydrogens (tertiary/aromatic N) is 1. The second kappa shape index (κ2) is 6.19. The Morgan fingerprint density at radius 1 is 1.15 bits per heavy atom. The van der Waals surface area contributed by atoms with Gasteiger partial charge in [0.1, 0.15) is 10.0 Å². The summed E-state index contributed by atoms with van der Waals surface area (Å²) in [5.41, 5.74) is 0.402. The molecular weight excluding hydrogens is 455 g/mol. The maximum atomic E-state index is 12.2. The molecular formula is C11H6Br2Cl2N2O2S. The maximum Gasteiger partial charge on any atom is 0.263 e. The van der Waals surface area contributed by atoms with Crippen molar-refractivity contribution in [2.24, 2.45) is 0 Å². The Hall–Kier alpha value is -0.340. The minimum Gasteiger partial charge on any atom is -0.278 e. The van der Waals surface area contributed by atoms with Gasteiger partial charge in [0.15, 0.2) is 0 Å². The summed E-state index contributed by atoms with van der Waals surface area (Å²) in [4.78, 5) is 3.65. The molecule has 1 aromatic heterocycles. The first-order chi connectivity index (χ1) is 9.29. The van der Waals surface area contributed by atoms with Crippen molar-refractivity contribution < 1.29 is 8.42 Å². The number of rotatable bonds is 3. The van der Waals surface area contributed by atoms with E-state index in [1.807, 2.05) is 0 Å². The van der Waals surface area contributed by atoms with E-state index < -0.39 is 10.0 Å². The van der Waals surface area contributed by atoms with Gasteiger partial charge in [-0.05, 0) is 40.2 Å². The Balaban J connectivity index is 2.38. The molecule has 0 spiro atoms. The van der Waals surface area contributed by atoms with E-state index in [4.69, 9.17) is 23.2 Å². The van der Waals surface area contributed by atoms with E-state index in [-0.39, 0.29) is 15.1 Å². The van der Waals surface area contributed by atoms with Crippen molar-refractivity contribution >= 4 is 70.8 Å². The van der Waals surface area contributed by atoms with Gasteiger partial charge in [-0.25, -0.2) is 13.4 Å². The summed E-state index contributed by atoms with van der Waals surface area (Å²) in [5, 5.41) is 0.125. The first-order valence-corrected chi connectivity index (χ1v) is 8.91. The van der Waals surface area contributed by atoms with E-state index in [1.54, 1.807) is 18.2 Å². The minimum atomic E-state index is -3.79. The third-order valence-corrected chi connectivity index (χ3v) is 5.42. The number of benzene rings is 1. The Bertz CT molecular complexity index is 769. The molecule has 0 aliphatic rings. The van der Waals surface area contributed by atoms with Gasteiger partial charge in [-0.3, -0.25) is 4.72 Å². The molecule has 0 atom stereocenters. The average Bonchev–Trinajstić information content (AvgIpc) is 2.36. The molecule has 1 aromatic carbocycles. The van der Waals surface area contributed by atoms with E-state index >= 15 is 0 Å². The van der Waals surface area contributed by atoms with Gasteiger partial charge >= 0.3 is 0 Å². The SMILES string of the molecule is O=S(=O)(Nc1ccc(Br)cc1Br)c1cnc(Cl)c(Cl)c1. The fourth-order valence-electron chi connectivity index (χ4n) is 1.33. The summed E-state index contributed by atoms with van der Waals surface area (Å²) in [6.07, 6.45) is 1.14. The van der Waals surface area contributed by atoms with E-state index in [1.165, 1.54) is 6.07 Å². The van der Waals surface area contributed by atoms with Crippen LogP contribution in [-0.4, -0.2) is 13.4 Å². The van der Waals surface area contributed by atoms with Gasteiger partial charge in [0.05, 0.1) is 10.7 Å². The lowest BCUT2D eigenvalue weighted by Gasteiger charge is -2.10. The molecule has 0 amide bonds. The molecule has 2 rings (SSSR count). The van der Waals surface area contributed by atoms with Gasteiger partial charge in [0.2, 0.25) is 0 Å². The topological polar surface area (TPSA) is 59.1 Å². The van der Waals surface area contributed by atoms with Crippen LogP contribution in [0.3, 0.4) is 0 Å². The quantitative estimate of drug-likeness (QED) is 0.674. The second-order valence-electron chi connectivity index (χ2n) is 3.67. The summed E-state index contributed by atoms with van der Waals surface area (Å²) in [6.45, 7) is 0. The average molecular weight is 461 g/mol. The largest absolute Gasteiger partial charge is 0.278 e. The minimum absolute atomic E-state index is 0.0513. The molecule has 0 fully saturated rings. The van der Waals surface area contributed by atoms with Crippen molar-refractivity contribution in [2.75, 3.05) is 4.72 Å². The molecule has 20 heavy (non-hydrogen) atoms. The number of halogens is 4. The predicted octanol–water partition coefficient (Wildman–Crippen LogP) is 4.71. The van der Waals surface area contributed by atoms with Crippen molar-refractivity contribution in [3.05, 3.63) is 49.6 Å². The molecule has 0 bridgehead atoms. The van der Waals surface area contributed by atoms with Crippen LogP contribution in [0.15, 0.2) is 44.3 Å². The van der Waals surface area contributed by atoms with Crippen LogP contribution in [0.4, 0.5) is 5.69 Å².